The molecule has 4 heterocycles. The molecule has 4 rings (SSSR count). The number of aliphatic hydroxyl groups is 1. The Hall–Kier alpha value is -2.19. The Labute approximate surface area is 227 Å². The van der Waals surface area contributed by atoms with E-state index in [1.807, 2.05) is 36.1 Å². The van der Waals surface area contributed by atoms with Crippen LogP contribution in [0.15, 0.2) is 24.3 Å². The first kappa shape index (κ1) is 28.8. The molecular weight excluding hydrogens is 484 g/mol. The van der Waals surface area contributed by atoms with Crippen LogP contribution in [0.1, 0.15) is 80.1 Å². The van der Waals surface area contributed by atoms with Gasteiger partial charge in [0.25, 0.3) is 0 Å². The summed E-state index contributed by atoms with van der Waals surface area (Å²) in [7, 11) is 0. The molecule has 8 heteroatoms. The van der Waals surface area contributed by atoms with Gasteiger partial charge in [0.1, 0.15) is 17.6 Å². The van der Waals surface area contributed by atoms with Crippen LogP contribution < -0.4 is 0 Å². The van der Waals surface area contributed by atoms with E-state index < -0.39 is 40.6 Å². The first-order valence-corrected chi connectivity index (χ1v) is 14.2. The summed E-state index contributed by atoms with van der Waals surface area (Å²) in [5.74, 6) is -2.51. The van der Waals surface area contributed by atoms with E-state index in [0.717, 1.165) is 19.3 Å². The molecule has 2 amide bonds. The molecule has 4 aliphatic rings. The Balaban J connectivity index is 1.80. The number of rotatable bonds is 7. The number of hydrogen-bond acceptors (Lipinski definition) is 6. The number of cyclic esters (lactones) is 1. The molecule has 5 atom stereocenters. The molecule has 8 nitrogen and oxygen atoms in total. The minimum atomic E-state index is -1.26. The van der Waals surface area contributed by atoms with Crippen molar-refractivity contribution in [3.05, 3.63) is 24.3 Å². The van der Waals surface area contributed by atoms with Crippen molar-refractivity contribution in [2.75, 3.05) is 26.3 Å². The molecule has 0 bridgehead atoms. The Kier molecular flexibility index (Phi) is 7.90. The third kappa shape index (κ3) is 5.06. The van der Waals surface area contributed by atoms with Gasteiger partial charge in [-0.2, -0.15) is 0 Å². The number of aliphatic hydroxyl groups excluding tert-OH is 1. The number of likely N-dealkylation sites (tertiary alicyclic amines) is 1. The number of nitrogens with zero attached hydrogens (tertiary/aromatic N) is 2. The molecule has 1 spiro atoms. The highest BCUT2D eigenvalue weighted by atomic mass is 16.6. The molecule has 4 aliphatic heterocycles. The molecule has 38 heavy (non-hydrogen) atoms. The second-order valence-electron chi connectivity index (χ2n) is 13.4. The van der Waals surface area contributed by atoms with Gasteiger partial charge in [-0.15, -0.1) is 0 Å². The summed E-state index contributed by atoms with van der Waals surface area (Å²) >= 11 is 0. The second kappa shape index (κ2) is 10.4. The fraction of sp³-hybridized carbons (Fsp3) is 0.767. The number of allylic oxidation sites excluding steroid dienone is 1. The molecule has 2 saturated heterocycles. The number of carbonyl (C=O) groups is 3. The second-order valence-corrected chi connectivity index (χ2v) is 13.4. The molecular formula is C30H46N2O6. The van der Waals surface area contributed by atoms with Crippen LogP contribution in [0.3, 0.4) is 0 Å². The lowest BCUT2D eigenvalue weighted by Gasteiger charge is -2.44. The van der Waals surface area contributed by atoms with Gasteiger partial charge in [-0.1, -0.05) is 45.1 Å². The highest BCUT2D eigenvalue weighted by Crippen LogP contribution is 2.57. The van der Waals surface area contributed by atoms with Crippen molar-refractivity contribution < 1.29 is 29.0 Å². The van der Waals surface area contributed by atoms with Crippen molar-refractivity contribution in [3.63, 3.8) is 0 Å². The summed E-state index contributed by atoms with van der Waals surface area (Å²) in [4.78, 5) is 45.8. The molecule has 2 fully saturated rings. The lowest BCUT2D eigenvalue weighted by Crippen LogP contribution is -2.60. The van der Waals surface area contributed by atoms with Crippen molar-refractivity contribution in [3.8, 4) is 0 Å². The lowest BCUT2D eigenvalue weighted by atomic mass is 9.74. The van der Waals surface area contributed by atoms with Crippen LogP contribution in [0.25, 0.3) is 0 Å². The van der Waals surface area contributed by atoms with Gasteiger partial charge >= 0.3 is 5.97 Å². The van der Waals surface area contributed by atoms with Gasteiger partial charge in [0, 0.05) is 25.2 Å². The first-order valence-electron chi connectivity index (χ1n) is 14.2. The van der Waals surface area contributed by atoms with E-state index in [4.69, 9.17) is 9.47 Å². The zero-order valence-corrected chi connectivity index (χ0v) is 24.0. The predicted molar refractivity (Wildman–Crippen MR) is 144 cm³/mol. The predicted octanol–water partition coefficient (Wildman–Crippen LogP) is 3.63. The van der Waals surface area contributed by atoms with Crippen molar-refractivity contribution >= 4 is 17.8 Å². The van der Waals surface area contributed by atoms with E-state index in [9.17, 15) is 19.5 Å². The molecule has 0 aromatic carbocycles. The van der Waals surface area contributed by atoms with Crippen LogP contribution in [0.5, 0.6) is 0 Å². The lowest BCUT2D eigenvalue weighted by molar-refractivity contribution is -0.160. The molecule has 0 radical (unpaired) electrons. The number of unbranched alkanes of at least 4 members (excludes halogenated alkanes) is 2. The van der Waals surface area contributed by atoms with E-state index in [-0.39, 0.29) is 23.8 Å². The van der Waals surface area contributed by atoms with Crippen LogP contribution in [0, 0.1) is 17.3 Å². The van der Waals surface area contributed by atoms with Crippen LogP contribution >= 0.6 is 0 Å². The summed E-state index contributed by atoms with van der Waals surface area (Å²) in [6, 6.07) is -0.874. The third-order valence-electron chi connectivity index (χ3n) is 8.50. The van der Waals surface area contributed by atoms with Crippen LogP contribution in [0.2, 0.25) is 0 Å². The van der Waals surface area contributed by atoms with Gasteiger partial charge in [-0.05, 0) is 64.7 Å². The van der Waals surface area contributed by atoms with Gasteiger partial charge in [-0.3, -0.25) is 14.4 Å². The monoisotopic (exact) mass is 530 g/mol. The van der Waals surface area contributed by atoms with Gasteiger partial charge in [0.05, 0.1) is 18.1 Å². The van der Waals surface area contributed by atoms with Crippen molar-refractivity contribution in [2.24, 2.45) is 17.3 Å². The molecule has 0 aromatic heterocycles. The van der Waals surface area contributed by atoms with E-state index >= 15 is 0 Å². The number of carbonyl (C=O) groups excluding carboxylic acids is 3. The number of hydrogen-bond donors (Lipinski definition) is 1. The molecule has 0 saturated carbocycles. The van der Waals surface area contributed by atoms with Crippen molar-refractivity contribution in [1.82, 2.24) is 9.80 Å². The number of ether oxygens (including phenoxy) is 2. The number of fused-ring (bicyclic) bond motifs is 2. The maximum absolute atomic E-state index is 14.6. The Morgan fingerprint density at radius 2 is 1.74 bits per heavy atom. The zero-order chi connectivity index (χ0) is 27.9. The highest BCUT2D eigenvalue weighted by Gasteiger charge is 2.74. The quantitative estimate of drug-likeness (QED) is 0.307. The van der Waals surface area contributed by atoms with E-state index in [2.05, 4.69) is 34.6 Å². The fourth-order valence-electron chi connectivity index (χ4n) is 7.38. The topological polar surface area (TPSA) is 96.4 Å². The third-order valence-corrected chi connectivity index (χ3v) is 8.50. The first-order chi connectivity index (χ1) is 17.8. The molecule has 0 aromatic rings. The molecule has 1 N–H and O–H groups in total. The maximum atomic E-state index is 14.6. The van der Waals surface area contributed by atoms with E-state index in [1.165, 1.54) is 0 Å². The van der Waals surface area contributed by atoms with Crippen LogP contribution in [-0.4, -0.2) is 81.8 Å². The standard InChI is InChI=1S/C30H46N2O6/c1-27(2,3)20-28(4,5)32-17-13-15-30-21(22-26(36)37-19-12-7-9-14-29(22,6)38-30)24(34)31(23(30)25(32)35)16-10-8-11-18-33/h9,13-15,21-23,33H,7-8,10-12,16-20H2,1-6H3/b14-9-/t21-,22-,23?,29+,30-/m0/s1. The van der Waals surface area contributed by atoms with Crippen LogP contribution in [0.4, 0.5) is 0 Å². The number of amides is 2. The normalized spacial score (nSPS) is 34.6. The Morgan fingerprint density at radius 1 is 1.00 bits per heavy atom. The average Bonchev–Trinajstić information content (AvgIpc) is 3.14. The van der Waals surface area contributed by atoms with Crippen molar-refractivity contribution in [1.29, 1.82) is 0 Å². The minimum absolute atomic E-state index is 0.00859. The van der Waals surface area contributed by atoms with Gasteiger partial charge in [0.2, 0.25) is 11.8 Å². The molecule has 0 aliphatic carbocycles. The fourth-order valence-corrected chi connectivity index (χ4v) is 7.38. The average molecular weight is 531 g/mol. The van der Waals surface area contributed by atoms with Gasteiger partial charge in [-0.25, -0.2) is 0 Å². The largest absolute Gasteiger partial charge is 0.465 e. The van der Waals surface area contributed by atoms with E-state index in [0.29, 0.717) is 39.0 Å². The van der Waals surface area contributed by atoms with Gasteiger partial charge in [0.15, 0.2) is 0 Å². The SMILES string of the molecule is CC(C)(C)CC(C)(C)N1CC=C[C@]23O[C@]4(C)/C=C\CCCOC(=O)[C@@H]4[C@H]2C(=O)N(CCCCCO)C3C1=O. The van der Waals surface area contributed by atoms with E-state index in [1.54, 1.807) is 4.90 Å². The summed E-state index contributed by atoms with van der Waals surface area (Å²) in [6.07, 6.45) is 12.0. The zero-order valence-electron chi connectivity index (χ0n) is 24.0. The van der Waals surface area contributed by atoms with Gasteiger partial charge < -0.3 is 24.4 Å². The summed E-state index contributed by atoms with van der Waals surface area (Å²) in [6.45, 7) is 13.6. The Morgan fingerprint density at radius 3 is 2.42 bits per heavy atom. The molecule has 1 unspecified atom stereocenters. The summed E-state index contributed by atoms with van der Waals surface area (Å²) in [5.41, 5.74) is -2.80. The summed E-state index contributed by atoms with van der Waals surface area (Å²) < 4.78 is 12.5. The maximum Gasteiger partial charge on any atom is 0.313 e. The van der Waals surface area contributed by atoms with Crippen LogP contribution in [-0.2, 0) is 23.9 Å². The summed E-state index contributed by atoms with van der Waals surface area (Å²) in [5, 5.41) is 9.26. The highest BCUT2D eigenvalue weighted by molar-refractivity contribution is 5.99. The minimum Gasteiger partial charge on any atom is -0.465 e. The number of esters is 1. The molecule has 212 valence electrons. The van der Waals surface area contributed by atoms with Crippen molar-refractivity contribution in [2.45, 2.75) is 103 Å². The smallest absolute Gasteiger partial charge is 0.313 e. The Bertz CT molecular complexity index is 997.